The minimum atomic E-state index is -4.62. The molecule has 0 unspecified atom stereocenters. The molecule has 0 aliphatic heterocycles. The maximum atomic E-state index is 11.9. The van der Waals surface area contributed by atoms with Crippen LogP contribution >= 0.6 is 0 Å². The number of urea groups is 1. The average Bonchev–Trinajstić information content (AvgIpc) is 2.62. The molecule has 0 bridgehead atoms. The number of imide groups is 1. The smallest absolute Gasteiger partial charge is 0.405 e. The van der Waals surface area contributed by atoms with Gasteiger partial charge in [0.1, 0.15) is 6.54 Å². The molecule has 0 saturated carbocycles. The number of carbonyl (C=O) groups excluding carboxylic acids is 4. The van der Waals surface area contributed by atoms with Crippen LogP contribution in [0.15, 0.2) is 30.3 Å². The molecule has 146 valence electrons. The summed E-state index contributed by atoms with van der Waals surface area (Å²) in [6, 6.07) is 4.66. The third-order valence-corrected chi connectivity index (χ3v) is 2.79. The summed E-state index contributed by atoms with van der Waals surface area (Å²) in [5.41, 5.74) is 0.869. The van der Waals surface area contributed by atoms with Gasteiger partial charge >= 0.3 is 24.1 Å². The number of methoxy groups -OCH3 is 1. The summed E-state index contributed by atoms with van der Waals surface area (Å²) >= 11 is 0. The fourth-order valence-electron chi connectivity index (χ4n) is 1.58. The summed E-state index contributed by atoms with van der Waals surface area (Å²) in [6.07, 6.45) is -2.28. The number of benzene rings is 1. The highest BCUT2D eigenvalue weighted by Crippen LogP contribution is 2.11. The molecule has 1 aromatic carbocycles. The molecule has 0 radical (unpaired) electrons. The van der Waals surface area contributed by atoms with E-state index in [1.807, 2.05) is 0 Å². The van der Waals surface area contributed by atoms with E-state index in [1.54, 1.807) is 5.32 Å². The van der Waals surface area contributed by atoms with Crippen LogP contribution in [0.4, 0.5) is 18.0 Å². The molecule has 0 spiro atoms. The summed E-state index contributed by atoms with van der Waals surface area (Å²) in [6.45, 7) is -2.46. The second-order valence-electron chi connectivity index (χ2n) is 4.90. The molecule has 1 aromatic rings. The molecule has 3 amide bonds. The topological polar surface area (TPSA) is 111 Å². The van der Waals surface area contributed by atoms with Crippen molar-refractivity contribution in [3.63, 3.8) is 0 Å². The van der Waals surface area contributed by atoms with Gasteiger partial charge in [-0.15, -0.1) is 0 Å². The Labute approximate surface area is 151 Å². The number of halogens is 3. The minimum absolute atomic E-state index is 0.317. The van der Waals surface area contributed by atoms with Crippen LogP contribution in [-0.4, -0.2) is 50.3 Å². The van der Waals surface area contributed by atoms with E-state index in [0.29, 0.717) is 11.1 Å². The summed E-state index contributed by atoms with van der Waals surface area (Å²) in [7, 11) is 1.24. The third-order valence-electron chi connectivity index (χ3n) is 2.79. The monoisotopic (exact) mass is 388 g/mol. The van der Waals surface area contributed by atoms with Crippen molar-refractivity contribution in [3.8, 4) is 0 Å². The lowest BCUT2D eigenvalue weighted by molar-refractivity contribution is -0.143. The van der Waals surface area contributed by atoms with E-state index in [0.717, 1.165) is 6.08 Å². The Kier molecular flexibility index (Phi) is 7.98. The summed E-state index contributed by atoms with van der Waals surface area (Å²) < 4.78 is 44.7. The Balaban J connectivity index is 2.39. The van der Waals surface area contributed by atoms with Crippen LogP contribution in [-0.2, 0) is 19.1 Å². The number of amides is 3. The Morgan fingerprint density at radius 3 is 2.30 bits per heavy atom. The van der Waals surface area contributed by atoms with Crippen molar-refractivity contribution in [2.45, 2.75) is 6.18 Å². The number of rotatable bonds is 6. The quantitative estimate of drug-likeness (QED) is 0.563. The zero-order valence-corrected chi connectivity index (χ0v) is 14.0. The molecular formula is C16H15F3N2O6. The van der Waals surface area contributed by atoms with Gasteiger partial charge < -0.3 is 14.8 Å². The molecule has 2 N–H and O–H groups in total. The number of carbonyl (C=O) groups is 4. The van der Waals surface area contributed by atoms with Crippen LogP contribution in [0.25, 0.3) is 6.08 Å². The predicted octanol–water partition coefficient (Wildman–Crippen LogP) is 1.42. The molecule has 8 nitrogen and oxygen atoms in total. The first-order valence-electron chi connectivity index (χ1n) is 7.28. The molecule has 0 aliphatic carbocycles. The minimum Gasteiger partial charge on any atom is -0.465 e. The molecule has 0 aromatic heterocycles. The van der Waals surface area contributed by atoms with Crippen LogP contribution in [0.5, 0.6) is 0 Å². The van der Waals surface area contributed by atoms with Crippen LogP contribution < -0.4 is 10.6 Å². The van der Waals surface area contributed by atoms with Gasteiger partial charge in [-0.25, -0.2) is 14.4 Å². The van der Waals surface area contributed by atoms with Gasteiger partial charge in [-0.05, 0) is 23.8 Å². The zero-order chi connectivity index (χ0) is 20.4. The van der Waals surface area contributed by atoms with Gasteiger partial charge in [-0.1, -0.05) is 12.1 Å². The highest BCUT2D eigenvalue weighted by Gasteiger charge is 2.28. The summed E-state index contributed by atoms with van der Waals surface area (Å²) in [5, 5.41) is 2.99. The van der Waals surface area contributed by atoms with Crippen LogP contribution in [0.3, 0.4) is 0 Å². The Morgan fingerprint density at radius 2 is 1.74 bits per heavy atom. The molecule has 1 rings (SSSR count). The van der Waals surface area contributed by atoms with Crippen molar-refractivity contribution < 1.29 is 41.8 Å². The van der Waals surface area contributed by atoms with E-state index in [4.69, 9.17) is 0 Å². The second-order valence-corrected chi connectivity index (χ2v) is 4.90. The zero-order valence-electron chi connectivity index (χ0n) is 14.0. The lowest BCUT2D eigenvalue weighted by atomic mass is 10.1. The van der Waals surface area contributed by atoms with Gasteiger partial charge in [-0.2, -0.15) is 13.2 Å². The van der Waals surface area contributed by atoms with E-state index in [2.05, 4.69) is 9.47 Å². The number of hydrogen-bond acceptors (Lipinski definition) is 6. The summed E-state index contributed by atoms with van der Waals surface area (Å²) in [4.78, 5) is 45.1. The van der Waals surface area contributed by atoms with E-state index in [1.165, 1.54) is 42.8 Å². The molecule has 0 saturated heterocycles. The van der Waals surface area contributed by atoms with E-state index >= 15 is 0 Å². The number of alkyl halides is 3. The molecule has 0 heterocycles. The fraction of sp³-hybridized carbons (Fsp3) is 0.250. The van der Waals surface area contributed by atoms with Gasteiger partial charge in [0, 0.05) is 6.08 Å². The standard InChI is InChI=1S/C16H15F3N2O6/c1-26-14(24)11-5-2-10(3-6-11)4-7-13(23)27-8-12(22)21-15(25)20-9-16(17,18)19/h2-7H,8-9H2,1H3,(H2,20,21,22,25)/b7-4+. The van der Waals surface area contributed by atoms with E-state index < -0.39 is 43.2 Å². The first-order chi connectivity index (χ1) is 12.6. The van der Waals surface area contributed by atoms with Gasteiger partial charge in [-0.3, -0.25) is 10.1 Å². The first-order valence-corrected chi connectivity index (χ1v) is 7.28. The highest BCUT2D eigenvalue weighted by atomic mass is 19.4. The SMILES string of the molecule is COC(=O)c1ccc(/C=C/C(=O)OCC(=O)NC(=O)NCC(F)(F)F)cc1. The second kappa shape index (κ2) is 9.94. The summed E-state index contributed by atoms with van der Waals surface area (Å²) in [5.74, 6) is -2.54. The largest absolute Gasteiger partial charge is 0.465 e. The normalized spacial score (nSPS) is 11.0. The van der Waals surface area contributed by atoms with Crippen molar-refractivity contribution in [1.29, 1.82) is 0 Å². The number of ether oxygens (including phenoxy) is 2. The highest BCUT2D eigenvalue weighted by molar-refractivity contribution is 5.96. The van der Waals surface area contributed by atoms with Crippen molar-refractivity contribution in [2.75, 3.05) is 20.3 Å². The molecule has 27 heavy (non-hydrogen) atoms. The molecule has 11 heteroatoms. The third kappa shape index (κ3) is 9.05. The Hall–Kier alpha value is -3.37. The number of nitrogens with one attached hydrogen (secondary N) is 2. The van der Waals surface area contributed by atoms with Crippen molar-refractivity contribution in [3.05, 3.63) is 41.5 Å². The van der Waals surface area contributed by atoms with Crippen molar-refractivity contribution in [2.24, 2.45) is 0 Å². The van der Waals surface area contributed by atoms with Gasteiger partial charge in [0.2, 0.25) is 0 Å². The van der Waals surface area contributed by atoms with Gasteiger partial charge in [0.05, 0.1) is 12.7 Å². The van der Waals surface area contributed by atoms with Crippen LogP contribution in [0.1, 0.15) is 15.9 Å². The maximum absolute atomic E-state index is 11.9. The van der Waals surface area contributed by atoms with Crippen LogP contribution in [0.2, 0.25) is 0 Å². The average molecular weight is 388 g/mol. The molecule has 0 aliphatic rings. The van der Waals surface area contributed by atoms with Gasteiger partial charge in [0.25, 0.3) is 5.91 Å². The molecule has 0 fully saturated rings. The van der Waals surface area contributed by atoms with Crippen molar-refractivity contribution in [1.82, 2.24) is 10.6 Å². The number of hydrogen-bond donors (Lipinski definition) is 2. The van der Waals surface area contributed by atoms with E-state index in [9.17, 15) is 32.3 Å². The van der Waals surface area contributed by atoms with Gasteiger partial charge in [0.15, 0.2) is 6.61 Å². The Morgan fingerprint density at radius 1 is 1.11 bits per heavy atom. The maximum Gasteiger partial charge on any atom is 0.405 e. The fourth-order valence-corrected chi connectivity index (χ4v) is 1.58. The molecule has 0 atom stereocenters. The van der Waals surface area contributed by atoms with Crippen LogP contribution in [0, 0.1) is 0 Å². The Bertz CT molecular complexity index is 729. The lowest BCUT2D eigenvalue weighted by Crippen LogP contribution is -2.44. The van der Waals surface area contributed by atoms with Crippen molar-refractivity contribution >= 4 is 30.0 Å². The molecular weight excluding hydrogens is 373 g/mol. The lowest BCUT2D eigenvalue weighted by Gasteiger charge is -2.08. The number of esters is 2. The first kappa shape index (κ1) is 21.7. The van der Waals surface area contributed by atoms with E-state index in [-0.39, 0.29) is 0 Å². The predicted molar refractivity (Wildman–Crippen MR) is 85.4 cm³/mol.